The monoisotopic (exact) mass is 510 g/mol. The molecule has 6 nitrogen and oxygen atoms in total. The number of nitrogens with zero attached hydrogens (tertiary/aromatic N) is 2. The summed E-state index contributed by atoms with van der Waals surface area (Å²) in [5, 5.41) is 2.47. The van der Waals surface area contributed by atoms with E-state index in [0.29, 0.717) is 35.2 Å². The molecule has 0 radical (unpaired) electrons. The summed E-state index contributed by atoms with van der Waals surface area (Å²) in [4.78, 5) is 31.8. The molecule has 182 valence electrons. The zero-order chi connectivity index (χ0) is 24.4. The average Bonchev–Trinajstić information content (AvgIpc) is 3.61. The maximum Gasteiger partial charge on any atom is 0.256 e. The Morgan fingerprint density at radius 3 is 2.69 bits per heavy atom. The molecule has 2 heterocycles. The summed E-state index contributed by atoms with van der Waals surface area (Å²) in [7, 11) is 1.62. The Labute approximate surface area is 214 Å². The lowest BCUT2D eigenvalue weighted by molar-refractivity contribution is -0.135. The fraction of sp³-hybridized carbons (Fsp3) is 0.333. The molecule has 1 aliphatic heterocycles. The molecule has 0 unspecified atom stereocenters. The molecule has 2 aliphatic rings. The fourth-order valence-electron chi connectivity index (χ4n) is 4.52. The van der Waals surface area contributed by atoms with E-state index in [-0.39, 0.29) is 30.4 Å². The van der Waals surface area contributed by atoms with Gasteiger partial charge in [0.2, 0.25) is 5.91 Å². The first-order valence-electron chi connectivity index (χ1n) is 11.7. The maximum absolute atomic E-state index is 13.6. The van der Waals surface area contributed by atoms with Crippen LogP contribution in [-0.2, 0) is 11.2 Å². The number of rotatable bonds is 8. The molecule has 1 aliphatic carbocycles. The van der Waals surface area contributed by atoms with E-state index in [0.717, 1.165) is 24.8 Å². The van der Waals surface area contributed by atoms with Crippen LogP contribution in [0.4, 0.5) is 0 Å². The minimum absolute atomic E-state index is 0.0316. The molecule has 3 aromatic rings. The van der Waals surface area contributed by atoms with E-state index in [1.807, 2.05) is 29.2 Å². The van der Waals surface area contributed by atoms with Crippen molar-refractivity contribution in [2.75, 3.05) is 26.8 Å². The summed E-state index contributed by atoms with van der Waals surface area (Å²) in [5.41, 5.74) is 1.55. The van der Waals surface area contributed by atoms with Gasteiger partial charge in [-0.25, -0.2) is 0 Å². The molecule has 5 rings (SSSR count). The molecule has 1 saturated carbocycles. The van der Waals surface area contributed by atoms with Gasteiger partial charge in [0.1, 0.15) is 24.7 Å². The number of thiophene rings is 1. The Bertz CT molecular complexity index is 1230. The lowest BCUT2D eigenvalue weighted by atomic mass is 10.0. The second-order valence-corrected chi connectivity index (χ2v) is 10.2. The van der Waals surface area contributed by atoms with Crippen LogP contribution >= 0.6 is 22.9 Å². The van der Waals surface area contributed by atoms with Gasteiger partial charge >= 0.3 is 0 Å². The predicted molar refractivity (Wildman–Crippen MR) is 136 cm³/mol. The maximum atomic E-state index is 13.6. The summed E-state index contributed by atoms with van der Waals surface area (Å²) in [6, 6.07) is 16.4. The van der Waals surface area contributed by atoms with Crippen molar-refractivity contribution in [3.05, 3.63) is 81.0 Å². The molecule has 8 heteroatoms. The van der Waals surface area contributed by atoms with Crippen LogP contribution in [0, 0.1) is 0 Å². The number of fused-ring (bicyclic) bond motifs is 1. The Morgan fingerprint density at radius 2 is 1.91 bits per heavy atom. The third-order valence-corrected chi connectivity index (χ3v) is 7.85. The number of ether oxygens (including phenoxy) is 2. The van der Waals surface area contributed by atoms with Crippen molar-refractivity contribution in [1.29, 1.82) is 0 Å². The molecule has 0 saturated heterocycles. The lowest BCUT2D eigenvalue weighted by Crippen LogP contribution is -2.48. The van der Waals surface area contributed by atoms with Crippen molar-refractivity contribution in [1.82, 2.24) is 9.80 Å². The zero-order valence-corrected chi connectivity index (χ0v) is 21.1. The molecule has 0 bridgehead atoms. The quantitative estimate of drug-likeness (QED) is 0.417. The molecular weight excluding hydrogens is 484 g/mol. The normalized spacial score (nSPS) is 17.0. The highest BCUT2D eigenvalue weighted by atomic mass is 35.5. The number of benzene rings is 2. The number of carbonyl (C=O) groups is 2. The van der Waals surface area contributed by atoms with Gasteiger partial charge in [-0.2, -0.15) is 0 Å². The molecule has 1 fully saturated rings. The van der Waals surface area contributed by atoms with Crippen molar-refractivity contribution in [2.45, 2.75) is 31.3 Å². The van der Waals surface area contributed by atoms with E-state index in [1.54, 1.807) is 47.6 Å². The number of carbonyl (C=O) groups excluding carboxylic acids is 2. The van der Waals surface area contributed by atoms with Gasteiger partial charge in [-0.05, 0) is 60.5 Å². The van der Waals surface area contributed by atoms with Crippen molar-refractivity contribution >= 4 is 34.8 Å². The summed E-state index contributed by atoms with van der Waals surface area (Å²) >= 11 is 8.00. The number of hydrogen-bond acceptors (Lipinski definition) is 5. The van der Waals surface area contributed by atoms with Gasteiger partial charge in [0.15, 0.2) is 0 Å². The Balaban J connectivity index is 1.35. The number of amides is 2. The van der Waals surface area contributed by atoms with Gasteiger partial charge in [-0.3, -0.25) is 9.59 Å². The molecule has 2 aromatic carbocycles. The average molecular weight is 511 g/mol. The van der Waals surface area contributed by atoms with Crippen molar-refractivity contribution in [3.8, 4) is 11.5 Å². The van der Waals surface area contributed by atoms with E-state index < -0.39 is 0 Å². The molecule has 1 aromatic heterocycles. The molecular formula is C27H27ClN2O4S. The fourth-order valence-corrected chi connectivity index (χ4v) is 5.66. The highest BCUT2D eigenvalue weighted by Gasteiger charge is 2.38. The molecule has 0 N–H and O–H groups in total. The van der Waals surface area contributed by atoms with Crippen molar-refractivity contribution in [2.24, 2.45) is 0 Å². The van der Waals surface area contributed by atoms with E-state index in [9.17, 15) is 9.59 Å². The zero-order valence-electron chi connectivity index (χ0n) is 19.5. The smallest absolute Gasteiger partial charge is 0.256 e. The molecule has 1 atom stereocenters. The SMILES string of the molecule is COc1cccc(OC[C@@H]2c3ccsc3CCN2C(=O)CN(C(=O)c2ccccc2Cl)C2CC2)c1. The van der Waals surface area contributed by atoms with Gasteiger partial charge in [0.05, 0.1) is 23.7 Å². The summed E-state index contributed by atoms with van der Waals surface area (Å²) < 4.78 is 11.4. The lowest BCUT2D eigenvalue weighted by Gasteiger charge is -2.37. The topological polar surface area (TPSA) is 59.1 Å². The first kappa shape index (κ1) is 23.7. The van der Waals surface area contributed by atoms with Crippen LogP contribution in [0.2, 0.25) is 5.02 Å². The summed E-state index contributed by atoms with van der Waals surface area (Å²) in [6.45, 7) is 0.950. The van der Waals surface area contributed by atoms with Crippen LogP contribution in [0.25, 0.3) is 0 Å². The third kappa shape index (κ3) is 5.16. The van der Waals surface area contributed by atoms with Crippen molar-refractivity contribution in [3.63, 3.8) is 0 Å². The molecule has 35 heavy (non-hydrogen) atoms. The number of halogens is 1. The summed E-state index contributed by atoms with van der Waals surface area (Å²) in [5.74, 6) is 1.14. The molecule has 0 spiro atoms. The van der Waals surface area contributed by atoms with Gasteiger partial charge in [-0.15, -0.1) is 11.3 Å². The Kier molecular flexibility index (Phi) is 6.97. The van der Waals surface area contributed by atoms with Gasteiger partial charge < -0.3 is 19.3 Å². The predicted octanol–water partition coefficient (Wildman–Crippen LogP) is 5.22. The Hall–Kier alpha value is -3.03. The van der Waals surface area contributed by atoms with Crippen LogP contribution in [0.3, 0.4) is 0 Å². The van der Waals surface area contributed by atoms with Crippen LogP contribution in [0.15, 0.2) is 60.0 Å². The van der Waals surface area contributed by atoms with Gasteiger partial charge in [-0.1, -0.05) is 29.8 Å². The van der Waals surface area contributed by atoms with E-state index in [2.05, 4.69) is 11.4 Å². The van der Waals surface area contributed by atoms with Crippen LogP contribution in [0.5, 0.6) is 11.5 Å². The third-order valence-electron chi connectivity index (χ3n) is 6.52. The van der Waals surface area contributed by atoms with E-state index in [4.69, 9.17) is 21.1 Å². The van der Waals surface area contributed by atoms with Crippen molar-refractivity contribution < 1.29 is 19.1 Å². The van der Waals surface area contributed by atoms with Crippen LogP contribution in [0.1, 0.15) is 39.7 Å². The second-order valence-electron chi connectivity index (χ2n) is 8.79. The second kappa shape index (κ2) is 10.3. The summed E-state index contributed by atoms with van der Waals surface area (Å²) in [6.07, 6.45) is 2.61. The highest BCUT2D eigenvalue weighted by molar-refractivity contribution is 7.10. The van der Waals surface area contributed by atoms with Crippen LogP contribution in [-0.4, -0.2) is 54.5 Å². The van der Waals surface area contributed by atoms with Gasteiger partial charge in [0.25, 0.3) is 5.91 Å². The standard InChI is InChI=1S/C27H27ClN2O4S/c1-33-19-5-4-6-20(15-19)34-17-24-22-12-14-35-25(22)11-13-29(24)26(31)16-30(18-9-10-18)27(32)21-7-2-3-8-23(21)28/h2-8,12,14-15,18,24H,9-11,13,16-17H2,1H3/t24-/m1/s1. The first-order valence-corrected chi connectivity index (χ1v) is 13.0. The minimum atomic E-state index is -0.222. The number of methoxy groups -OCH3 is 1. The van der Waals surface area contributed by atoms with Crippen LogP contribution < -0.4 is 9.47 Å². The van der Waals surface area contributed by atoms with E-state index in [1.165, 1.54) is 4.88 Å². The van der Waals surface area contributed by atoms with E-state index >= 15 is 0 Å². The Morgan fingerprint density at radius 1 is 1.11 bits per heavy atom. The minimum Gasteiger partial charge on any atom is -0.497 e. The largest absolute Gasteiger partial charge is 0.497 e. The first-order chi connectivity index (χ1) is 17.0. The highest BCUT2D eigenvalue weighted by Crippen LogP contribution is 2.35. The number of hydrogen-bond donors (Lipinski definition) is 0. The molecule has 2 amide bonds. The van der Waals surface area contributed by atoms with Gasteiger partial charge in [0, 0.05) is 23.5 Å².